The first-order valence-electron chi connectivity index (χ1n) is 9.78. The van der Waals surface area contributed by atoms with Gasteiger partial charge in [0.25, 0.3) is 0 Å². The van der Waals surface area contributed by atoms with Gasteiger partial charge in [-0.25, -0.2) is 0 Å². The Balaban J connectivity index is 1.60. The van der Waals surface area contributed by atoms with Crippen molar-refractivity contribution in [3.63, 3.8) is 0 Å². The number of guanidine groups is 1. The second-order valence-corrected chi connectivity index (χ2v) is 7.79. The maximum atomic E-state index is 4.46. The monoisotopic (exact) mass is 333 g/mol. The molecule has 0 bridgehead atoms. The van der Waals surface area contributed by atoms with Gasteiger partial charge in [-0.15, -0.1) is 0 Å². The van der Waals surface area contributed by atoms with E-state index in [-0.39, 0.29) is 0 Å². The van der Waals surface area contributed by atoms with Gasteiger partial charge in [0.05, 0.1) is 0 Å². The SMILES string of the molecule is CN=C(NCC1(N2CCCCC2)CCN(C)CC1)NC1CC=CC1. The standard InChI is InChI=1S/C19H35N5/c1-20-18(22-17-8-4-5-9-17)21-16-19(10-14-23(2)15-11-19)24-12-6-3-7-13-24/h4-5,17H,3,6-16H2,1-2H3,(H2,20,21,22). The number of hydrogen-bond donors (Lipinski definition) is 2. The summed E-state index contributed by atoms with van der Waals surface area (Å²) in [6, 6.07) is 0.514. The summed E-state index contributed by atoms with van der Waals surface area (Å²) in [6.45, 7) is 5.96. The number of likely N-dealkylation sites (tertiary alicyclic amines) is 2. The Morgan fingerprint density at radius 3 is 2.38 bits per heavy atom. The van der Waals surface area contributed by atoms with Crippen molar-refractivity contribution in [2.75, 3.05) is 46.8 Å². The molecule has 1 aliphatic carbocycles. The molecule has 2 fully saturated rings. The van der Waals surface area contributed by atoms with Crippen LogP contribution in [0.15, 0.2) is 17.1 Å². The molecular weight excluding hydrogens is 298 g/mol. The molecule has 0 aromatic carbocycles. The maximum Gasteiger partial charge on any atom is 0.191 e. The molecule has 2 aliphatic heterocycles. The molecule has 0 atom stereocenters. The van der Waals surface area contributed by atoms with E-state index in [1.54, 1.807) is 0 Å². The first-order chi connectivity index (χ1) is 11.7. The van der Waals surface area contributed by atoms with E-state index in [2.05, 4.69) is 44.6 Å². The number of hydrogen-bond acceptors (Lipinski definition) is 3. The average molecular weight is 334 g/mol. The molecule has 0 amide bonds. The van der Waals surface area contributed by atoms with Crippen LogP contribution in [0.5, 0.6) is 0 Å². The summed E-state index contributed by atoms with van der Waals surface area (Å²) in [7, 11) is 4.14. The molecule has 2 saturated heterocycles. The van der Waals surface area contributed by atoms with Crippen LogP contribution in [0.2, 0.25) is 0 Å². The number of piperidine rings is 2. The van der Waals surface area contributed by atoms with Gasteiger partial charge in [0.1, 0.15) is 0 Å². The average Bonchev–Trinajstić information content (AvgIpc) is 3.14. The smallest absolute Gasteiger partial charge is 0.191 e. The van der Waals surface area contributed by atoms with Gasteiger partial charge in [0, 0.05) is 25.2 Å². The predicted octanol–water partition coefficient (Wildman–Crippen LogP) is 1.82. The Kier molecular flexibility index (Phi) is 6.17. The van der Waals surface area contributed by atoms with E-state index in [9.17, 15) is 0 Å². The summed E-state index contributed by atoms with van der Waals surface area (Å²) in [5.74, 6) is 0.971. The Hall–Kier alpha value is -1.07. The van der Waals surface area contributed by atoms with Crippen molar-refractivity contribution in [1.29, 1.82) is 0 Å². The van der Waals surface area contributed by atoms with E-state index in [4.69, 9.17) is 0 Å². The summed E-state index contributed by atoms with van der Waals surface area (Å²) < 4.78 is 0. The maximum absolute atomic E-state index is 4.46. The normalized spacial score (nSPS) is 26.7. The molecule has 0 radical (unpaired) electrons. The Morgan fingerprint density at radius 2 is 1.75 bits per heavy atom. The minimum atomic E-state index is 0.304. The van der Waals surface area contributed by atoms with E-state index >= 15 is 0 Å². The molecule has 0 aromatic rings. The minimum absolute atomic E-state index is 0.304. The van der Waals surface area contributed by atoms with Gasteiger partial charge in [-0.3, -0.25) is 9.89 Å². The minimum Gasteiger partial charge on any atom is -0.355 e. The highest BCUT2D eigenvalue weighted by atomic mass is 15.3. The van der Waals surface area contributed by atoms with E-state index in [1.165, 1.54) is 58.3 Å². The summed E-state index contributed by atoms with van der Waals surface area (Å²) in [4.78, 5) is 9.72. The molecule has 136 valence electrons. The molecule has 2 heterocycles. The largest absolute Gasteiger partial charge is 0.355 e. The van der Waals surface area contributed by atoms with Crippen LogP contribution >= 0.6 is 0 Å². The molecule has 3 aliphatic rings. The molecular formula is C19H35N5. The summed E-state index contributed by atoms with van der Waals surface area (Å²) in [5, 5.41) is 7.25. The number of rotatable bonds is 4. The van der Waals surface area contributed by atoms with Crippen LogP contribution in [0.1, 0.15) is 44.9 Å². The van der Waals surface area contributed by atoms with Crippen molar-refractivity contribution in [2.45, 2.75) is 56.5 Å². The van der Waals surface area contributed by atoms with Crippen LogP contribution in [-0.2, 0) is 0 Å². The van der Waals surface area contributed by atoms with Crippen molar-refractivity contribution in [3.05, 3.63) is 12.2 Å². The van der Waals surface area contributed by atoms with Crippen molar-refractivity contribution in [2.24, 2.45) is 4.99 Å². The zero-order valence-electron chi connectivity index (χ0n) is 15.6. The lowest BCUT2D eigenvalue weighted by atomic mass is 9.84. The third kappa shape index (κ3) is 4.31. The van der Waals surface area contributed by atoms with Gasteiger partial charge in [-0.2, -0.15) is 0 Å². The van der Waals surface area contributed by atoms with Crippen LogP contribution in [0.25, 0.3) is 0 Å². The van der Waals surface area contributed by atoms with Gasteiger partial charge >= 0.3 is 0 Å². The van der Waals surface area contributed by atoms with Gasteiger partial charge in [0.2, 0.25) is 0 Å². The quantitative estimate of drug-likeness (QED) is 0.468. The van der Waals surface area contributed by atoms with Gasteiger partial charge in [-0.05, 0) is 71.8 Å². The van der Waals surface area contributed by atoms with Crippen LogP contribution in [0, 0.1) is 0 Å². The molecule has 24 heavy (non-hydrogen) atoms. The molecule has 2 N–H and O–H groups in total. The summed E-state index contributed by atoms with van der Waals surface area (Å²) in [6.07, 6.45) is 13.4. The van der Waals surface area contributed by atoms with Crippen molar-refractivity contribution in [1.82, 2.24) is 20.4 Å². The highest BCUT2D eigenvalue weighted by Gasteiger charge is 2.39. The summed E-state index contributed by atoms with van der Waals surface area (Å²) >= 11 is 0. The number of nitrogens with one attached hydrogen (secondary N) is 2. The number of nitrogens with zero attached hydrogens (tertiary/aromatic N) is 3. The fourth-order valence-corrected chi connectivity index (χ4v) is 4.38. The lowest BCUT2D eigenvalue weighted by molar-refractivity contribution is 0.0173. The third-order valence-corrected chi connectivity index (χ3v) is 6.10. The fraction of sp³-hybridized carbons (Fsp3) is 0.842. The van der Waals surface area contributed by atoms with Crippen molar-refractivity contribution < 1.29 is 0 Å². The number of aliphatic imine (C=N–C) groups is 1. The first-order valence-corrected chi connectivity index (χ1v) is 9.78. The molecule has 5 nitrogen and oxygen atoms in total. The van der Waals surface area contributed by atoms with E-state index < -0.39 is 0 Å². The Labute approximate surface area is 147 Å². The lowest BCUT2D eigenvalue weighted by Gasteiger charge is -2.50. The molecule has 5 heteroatoms. The first kappa shape index (κ1) is 17.7. The zero-order chi connectivity index (χ0) is 16.8. The Morgan fingerprint density at radius 1 is 1.08 bits per heavy atom. The highest BCUT2D eigenvalue weighted by Crippen LogP contribution is 2.30. The van der Waals surface area contributed by atoms with E-state index in [0.717, 1.165) is 25.3 Å². The van der Waals surface area contributed by atoms with Crippen LogP contribution in [0.3, 0.4) is 0 Å². The zero-order valence-corrected chi connectivity index (χ0v) is 15.6. The molecule has 3 rings (SSSR count). The van der Waals surface area contributed by atoms with E-state index in [0.29, 0.717) is 11.6 Å². The second kappa shape index (κ2) is 8.34. The molecule has 0 aromatic heterocycles. The summed E-state index contributed by atoms with van der Waals surface area (Å²) in [5.41, 5.74) is 0.304. The van der Waals surface area contributed by atoms with Crippen molar-refractivity contribution in [3.8, 4) is 0 Å². The highest BCUT2D eigenvalue weighted by molar-refractivity contribution is 5.80. The topological polar surface area (TPSA) is 42.9 Å². The molecule has 0 unspecified atom stereocenters. The van der Waals surface area contributed by atoms with Gasteiger partial charge in [0.15, 0.2) is 5.96 Å². The van der Waals surface area contributed by atoms with Crippen LogP contribution in [-0.4, -0.2) is 74.2 Å². The van der Waals surface area contributed by atoms with E-state index in [1.807, 2.05) is 7.05 Å². The third-order valence-electron chi connectivity index (χ3n) is 6.10. The fourth-order valence-electron chi connectivity index (χ4n) is 4.38. The van der Waals surface area contributed by atoms with Crippen molar-refractivity contribution >= 4 is 5.96 Å². The Bertz CT molecular complexity index is 437. The van der Waals surface area contributed by atoms with Gasteiger partial charge < -0.3 is 15.5 Å². The predicted molar refractivity (Wildman–Crippen MR) is 102 cm³/mol. The van der Waals surface area contributed by atoms with Gasteiger partial charge in [-0.1, -0.05) is 18.6 Å². The van der Waals surface area contributed by atoms with Crippen LogP contribution in [0.4, 0.5) is 0 Å². The second-order valence-electron chi connectivity index (χ2n) is 7.79. The lowest BCUT2D eigenvalue weighted by Crippen LogP contribution is -2.62. The molecule has 0 spiro atoms. The van der Waals surface area contributed by atoms with Crippen LogP contribution < -0.4 is 10.6 Å². The molecule has 0 saturated carbocycles.